The Morgan fingerprint density at radius 2 is 1.47 bits per heavy atom. The molecule has 4 N–H and O–H groups in total. The Bertz CT molecular complexity index is 792. The lowest BCUT2D eigenvalue weighted by molar-refractivity contribution is -0.129. The van der Waals surface area contributed by atoms with E-state index in [0.717, 1.165) is 11.1 Å². The number of nitrogens with two attached hydrogens (primary N) is 1. The number of carbonyl (C=O) groups is 2. The third kappa shape index (κ3) is 7.81. The van der Waals surface area contributed by atoms with E-state index in [1.54, 1.807) is 0 Å². The molecule has 0 spiro atoms. The number of carbonyl (C=O) groups excluding carboxylic acids is 2. The highest BCUT2D eigenvalue weighted by molar-refractivity contribution is 5.88. The average Bonchev–Trinajstić information content (AvgIpc) is 2.70. The standard InChI is InChI=1S/C24H33N3O2.ClH/c1-16(2)19-10-12-20(13-11-19)21(25)15-26-24(29)23(17(3)4)27-22(28)14-18-8-6-5-7-9-18;/h5-13,16-17,21,23H,14-15,25H2,1-4H3,(H,26,29)(H,27,28);1H. The molecule has 2 atom stereocenters. The van der Waals surface area contributed by atoms with E-state index in [2.05, 4.69) is 36.6 Å². The van der Waals surface area contributed by atoms with Crippen LogP contribution in [0.25, 0.3) is 0 Å². The molecule has 0 fully saturated rings. The molecule has 0 aromatic heterocycles. The zero-order valence-electron chi connectivity index (χ0n) is 18.2. The summed E-state index contributed by atoms with van der Waals surface area (Å²) < 4.78 is 0. The van der Waals surface area contributed by atoms with Crippen LogP contribution >= 0.6 is 12.4 Å². The molecule has 0 heterocycles. The molecule has 6 heteroatoms. The second kappa shape index (κ2) is 12.4. The molecule has 30 heavy (non-hydrogen) atoms. The molecule has 2 aromatic carbocycles. The minimum Gasteiger partial charge on any atom is -0.352 e. The van der Waals surface area contributed by atoms with Gasteiger partial charge in [0.2, 0.25) is 11.8 Å². The second-order valence-corrected chi connectivity index (χ2v) is 8.12. The van der Waals surface area contributed by atoms with Gasteiger partial charge < -0.3 is 16.4 Å². The maximum absolute atomic E-state index is 12.7. The van der Waals surface area contributed by atoms with Gasteiger partial charge >= 0.3 is 0 Å². The van der Waals surface area contributed by atoms with Crippen molar-refractivity contribution >= 4 is 24.2 Å². The number of hydrogen-bond acceptors (Lipinski definition) is 3. The first-order valence-electron chi connectivity index (χ1n) is 10.2. The number of halogens is 1. The quantitative estimate of drug-likeness (QED) is 0.565. The smallest absolute Gasteiger partial charge is 0.242 e. The minimum atomic E-state index is -0.596. The van der Waals surface area contributed by atoms with Crippen LogP contribution in [0.5, 0.6) is 0 Å². The van der Waals surface area contributed by atoms with Crippen molar-refractivity contribution < 1.29 is 9.59 Å². The highest BCUT2D eigenvalue weighted by Gasteiger charge is 2.24. The van der Waals surface area contributed by atoms with E-state index in [0.29, 0.717) is 12.5 Å². The zero-order valence-corrected chi connectivity index (χ0v) is 19.0. The molecular formula is C24H34ClN3O2. The number of benzene rings is 2. The van der Waals surface area contributed by atoms with Crippen LogP contribution in [0.1, 0.15) is 56.3 Å². The van der Waals surface area contributed by atoms with Crippen molar-refractivity contribution in [1.82, 2.24) is 10.6 Å². The van der Waals surface area contributed by atoms with Gasteiger partial charge in [-0.05, 0) is 28.5 Å². The number of amides is 2. The van der Waals surface area contributed by atoms with E-state index < -0.39 is 6.04 Å². The van der Waals surface area contributed by atoms with Gasteiger partial charge in [0, 0.05) is 12.6 Å². The van der Waals surface area contributed by atoms with Crippen molar-refractivity contribution in [2.24, 2.45) is 11.7 Å². The topological polar surface area (TPSA) is 84.2 Å². The fraction of sp³-hybridized carbons (Fsp3) is 0.417. The zero-order chi connectivity index (χ0) is 21.4. The largest absolute Gasteiger partial charge is 0.352 e. The summed E-state index contributed by atoms with van der Waals surface area (Å²) in [6.45, 7) is 8.44. The van der Waals surface area contributed by atoms with E-state index in [9.17, 15) is 9.59 Å². The van der Waals surface area contributed by atoms with E-state index in [-0.39, 0.29) is 42.6 Å². The molecule has 0 saturated carbocycles. The molecule has 0 radical (unpaired) electrons. The molecule has 0 bridgehead atoms. The summed E-state index contributed by atoms with van der Waals surface area (Å²) in [5, 5.41) is 5.75. The predicted molar refractivity (Wildman–Crippen MR) is 125 cm³/mol. The Kier molecular flexibility index (Phi) is 10.6. The van der Waals surface area contributed by atoms with Gasteiger partial charge in [0.05, 0.1) is 6.42 Å². The van der Waals surface area contributed by atoms with Gasteiger partial charge in [-0.3, -0.25) is 9.59 Å². The lowest BCUT2D eigenvalue weighted by Gasteiger charge is -2.23. The van der Waals surface area contributed by atoms with Crippen molar-refractivity contribution in [1.29, 1.82) is 0 Å². The summed E-state index contributed by atoms with van der Waals surface area (Å²) in [4.78, 5) is 25.0. The van der Waals surface area contributed by atoms with Crippen LogP contribution in [0, 0.1) is 5.92 Å². The van der Waals surface area contributed by atoms with Crippen molar-refractivity contribution in [3.05, 3.63) is 71.3 Å². The molecule has 5 nitrogen and oxygen atoms in total. The van der Waals surface area contributed by atoms with Crippen molar-refractivity contribution in [3.8, 4) is 0 Å². The Morgan fingerprint density at radius 3 is 2.00 bits per heavy atom. The lowest BCUT2D eigenvalue weighted by Crippen LogP contribution is -2.51. The van der Waals surface area contributed by atoms with Crippen LogP contribution in [0.15, 0.2) is 54.6 Å². The molecular weight excluding hydrogens is 398 g/mol. The second-order valence-electron chi connectivity index (χ2n) is 8.12. The Balaban J connectivity index is 0.00000450. The third-order valence-electron chi connectivity index (χ3n) is 5.00. The first-order chi connectivity index (χ1) is 13.8. The summed E-state index contributed by atoms with van der Waals surface area (Å²) in [5.41, 5.74) is 9.39. The average molecular weight is 432 g/mol. The Morgan fingerprint density at radius 1 is 0.900 bits per heavy atom. The third-order valence-corrected chi connectivity index (χ3v) is 5.00. The SMILES string of the molecule is CC(C)c1ccc(C(N)CNC(=O)C(NC(=O)Cc2ccccc2)C(C)C)cc1.Cl. The normalized spacial score (nSPS) is 12.8. The molecule has 2 aromatic rings. The lowest BCUT2D eigenvalue weighted by atomic mass is 9.99. The van der Waals surface area contributed by atoms with Gasteiger partial charge in [0.15, 0.2) is 0 Å². The maximum Gasteiger partial charge on any atom is 0.242 e. The molecule has 0 aliphatic rings. The van der Waals surface area contributed by atoms with Gasteiger partial charge in [-0.15, -0.1) is 12.4 Å². The molecule has 0 saturated heterocycles. The number of nitrogens with one attached hydrogen (secondary N) is 2. The molecule has 2 rings (SSSR count). The van der Waals surface area contributed by atoms with Crippen LogP contribution < -0.4 is 16.4 Å². The Labute approximate surface area is 186 Å². The summed E-state index contributed by atoms with van der Waals surface area (Å²) in [5.74, 6) is 0.0526. The van der Waals surface area contributed by atoms with Gasteiger partial charge in [0.25, 0.3) is 0 Å². The monoisotopic (exact) mass is 431 g/mol. The van der Waals surface area contributed by atoms with Crippen LogP contribution in [-0.4, -0.2) is 24.4 Å². The maximum atomic E-state index is 12.7. The molecule has 164 valence electrons. The minimum absolute atomic E-state index is 0. The summed E-state index contributed by atoms with van der Waals surface area (Å²) in [6, 6.07) is 16.8. The molecule has 2 unspecified atom stereocenters. The fourth-order valence-electron chi connectivity index (χ4n) is 3.11. The van der Waals surface area contributed by atoms with Crippen LogP contribution in [-0.2, 0) is 16.0 Å². The molecule has 2 amide bonds. The molecule has 0 aliphatic heterocycles. The summed E-state index contributed by atoms with van der Waals surface area (Å²) in [6.07, 6.45) is 0.249. The Hall–Kier alpha value is -2.37. The van der Waals surface area contributed by atoms with E-state index in [4.69, 9.17) is 5.73 Å². The summed E-state index contributed by atoms with van der Waals surface area (Å²) >= 11 is 0. The van der Waals surface area contributed by atoms with Crippen LogP contribution in [0.3, 0.4) is 0 Å². The van der Waals surface area contributed by atoms with E-state index >= 15 is 0 Å². The summed E-state index contributed by atoms with van der Waals surface area (Å²) in [7, 11) is 0. The predicted octanol–water partition coefficient (Wildman–Crippen LogP) is 3.73. The van der Waals surface area contributed by atoms with E-state index in [1.807, 2.05) is 56.3 Å². The number of hydrogen-bond donors (Lipinski definition) is 3. The van der Waals surface area contributed by atoms with Crippen molar-refractivity contribution in [3.63, 3.8) is 0 Å². The first kappa shape index (κ1) is 25.7. The van der Waals surface area contributed by atoms with Gasteiger partial charge in [-0.25, -0.2) is 0 Å². The van der Waals surface area contributed by atoms with Crippen molar-refractivity contribution in [2.75, 3.05) is 6.54 Å². The van der Waals surface area contributed by atoms with E-state index in [1.165, 1.54) is 5.56 Å². The van der Waals surface area contributed by atoms with Crippen LogP contribution in [0.4, 0.5) is 0 Å². The van der Waals surface area contributed by atoms with Gasteiger partial charge in [-0.2, -0.15) is 0 Å². The fourth-order valence-corrected chi connectivity index (χ4v) is 3.11. The molecule has 0 aliphatic carbocycles. The van der Waals surface area contributed by atoms with Gasteiger partial charge in [0.1, 0.15) is 6.04 Å². The van der Waals surface area contributed by atoms with Crippen molar-refractivity contribution in [2.45, 2.75) is 52.1 Å². The van der Waals surface area contributed by atoms with Gasteiger partial charge in [-0.1, -0.05) is 82.3 Å². The highest BCUT2D eigenvalue weighted by Crippen LogP contribution is 2.17. The van der Waals surface area contributed by atoms with Crippen LogP contribution in [0.2, 0.25) is 0 Å². The first-order valence-corrected chi connectivity index (χ1v) is 10.2. The number of rotatable bonds is 9. The highest BCUT2D eigenvalue weighted by atomic mass is 35.5.